The van der Waals surface area contributed by atoms with Crippen LogP contribution in [-0.2, 0) is 0 Å². The lowest BCUT2D eigenvalue weighted by atomic mass is 10.0. The van der Waals surface area contributed by atoms with Crippen LogP contribution in [0.4, 0.5) is 13.2 Å². The molecular weight excluding hydrogens is 209 g/mol. The lowest BCUT2D eigenvalue weighted by Gasteiger charge is -2.16. The zero-order valence-electron chi connectivity index (χ0n) is 5.50. The molecule has 4 heteroatoms. The highest BCUT2D eigenvalue weighted by Gasteiger charge is 2.68. The van der Waals surface area contributed by atoms with Crippen molar-refractivity contribution in [1.29, 1.82) is 0 Å². The van der Waals surface area contributed by atoms with E-state index in [0.29, 0.717) is 0 Å². The van der Waals surface area contributed by atoms with Gasteiger partial charge >= 0.3 is 6.18 Å². The van der Waals surface area contributed by atoms with E-state index in [1.54, 1.807) is 6.92 Å². The molecule has 0 saturated heterocycles. The minimum atomic E-state index is -4.02. The van der Waals surface area contributed by atoms with Gasteiger partial charge in [-0.05, 0) is 12.8 Å². The third kappa shape index (κ3) is 0.966. The molecule has 1 rings (SSSR count). The van der Waals surface area contributed by atoms with E-state index in [1.807, 2.05) is 0 Å². The highest BCUT2D eigenvalue weighted by molar-refractivity contribution is 9.09. The van der Waals surface area contributed by atoms with Gasteiger partial charge in [0.2, 0.25) is 0 Å². The fourth-order valence-corrected chi connectivity index (χ4v) is 2.28. The van der Waals surface area contributed by atoms with Crippen LogP contribution in [0.25, 0.3) is 0 Å². The van der Waals surface area contributed by atoms with E-state index < -0.39 is 11.6 Å². The van der Waals surface area contributed by atoms with Crippen LogP contribution in [0.3, 0.4) is 0 Å². The third-order valence-corrected chi connectivity index (χ3v) is 3.38. The molecule has 0 nitrogen and oxygen atoms in total. The average molecular weight is 217 g/mol. The Morgan fingerprint density at radius 3 is 2.00 bits per heavy atom. The molecule has 1 aliphatic carbocycles. The van der Waals surface area contributed by atoms with Gasteiger partial charge in [-0.25, -0.2) is 0 Å². The standard InChI is InChI=1S/C6H8BrF3/c1-2-5(3-4(5)7)6(8,9)10/h4H,2-3H2,1H3. The summed E-state index contributed by atoms with van der Waals surface area (Å²) in [7, 11) is 0. The summed E-state index contributed by atoms with van der Waals surface area (Å²) in [6.45, 7) is 1.58. The predicted octanol–water partition coefficient (Wildman–Crippen LogP) is 3.11. The summed E-state index contributed by atoms with van der Waals surface area (Å²) in [6.07, 6.45) is -3.59. The minimum absolute atomic E-state index is 0.187. The predicted molar refractivity (Wildman–Crippen MR) is 36.1 cm³/mol. The zero-order chi connectivity index (χ0) is 7.99. The molecule has 0 bridgehead atoms. The van der Waals surface area contributed by atoms with Crippen LogP contribution in [0.5, 0.6) is 0 Å². The zero-order valence-corrected chi connectivity index (χ0v) is 7.09. The van der Waals surface area contributed by atoms with Crippen molar-refractivity contribution in [2.75, 3.05) is 0 Å². The third-order valence-electron chi connectivity index (χ3n) is 2.18. The van der Waals surface area contributed by atoms with E-state index in [1.165, 1.54) is 0 Å². The van der Waals surface area contributed by atoms with Gasteiger partial charge in [0.15, 0.2) is 0 Å². The van der Waals surface area contributed by atoms with Gasteiger partial charge in [0, 0.05) is 4.83 Å². The normalized spacial score (nSPS) is 39.9. The van der Waals surface area contributed by atoms with Crippen LogP contribution in [0.1, 0.15) is 19.8 Å². The topological polar surface area (TPSA) is 0 Å². The molecule has 0 N–H and O–H groups in total. The summed E-state index contributed by atoms with van der Waals surface area (Å²) in [5.74, 6) is 0. The first kappa shape index (κ1) is 8.37. The van der Waals surface area contributed by atoms with Gasteiger partial charge in [0.05, 0.1) is 5.41 Å². The summed E-state index contributed by atoms with van der Waals surface area (Å²) in [5, 5.41) is 0. The average Bonchev–Trinajstić information content (AvgIpc) is 2.40. The first-order valence-corrected chi connectivity index (χ1v) is 4.06. The number of alkyl halides is 4. The quantitative estimate of drug-likeness (QED) is 0.592. The molecule has 1 aliphatic rings. The minimum Gasteiger partial charge on any atom is -0.170 e. The van der Waals surface area contributed by atoms with E-state index in [2.05, 4.69) is 15.9 Å². The highest BCUT2D eigenvalue weighted by Crippen LogP contribution is 2.63. The Hall–Kier alpha value is 0.270. The second-order valence-electron chi connectivity index (χ2n) is 2.68. The Morgan fingerprint density at radius 1 is 1.60 bits per heavy atom. The molecule has 60 valence electrons. The van der Waals surface area contributed by atoms with Crippen molar-refractivity contribution < 1.29 is 13.2 Å². The lowest BCUT2D eigenvalue weighted by molar-refractivity contribution is -0.186. The van der Waals surface area contributed by atoms with E-state index in [0.717, 1.165) is 0 Å². The van der Waals surface area contributed by atoms with Crippen molar-refractivity contribution in [3.63, 3.8) is 0 Å². The molecule has 0 aromatic rings. The summed E-state index contributed by atoms with van der Waals surface area (Å²) < 4.78 is 36.4. The second kappa shape index (κ2) is 2.13. The van der Waals surface area contributed by atoms with Crippen molar-refractivity contribution in [3.8, 4) is 0 Å². The van der Waals surface area contributed by atoms with Gasteiger partial charge in [-0.1, -0.05) is 22.9 Å². The van der Waals surface area contributed by atoms with Crippen molar-refractivity contribution in [1.82, 2.24) is 0 Å². The number of halogens is 4. The largest absolute Gasteiger partial charge is 0.395 e. The Labute approximate surface area is 65.9 Å². The Bertz CT molecular complexity index is 138. The molecule has 0 aromatic heterocycles. The summed E-state index contributed by atoms with van der Waals surface area (Å²) >= 11 is 2.98. The van der Waals surface area contributed by atoms with E-state index in [-0.39, 0.29) is 17.7 Å². The fraction of sp³-hybridized carbons (Fsp3) is 1.00. The molecular formula is C6H8BrF3. The maximum Gasteiger partial charge on any atom is 0.395 e. The van der Waals surface area contributed by atoms with Crippen LogP contribution in [0, 0.1) is 5.41 Å². The van der Waals surface area contributed by atoms with Crippen LogP contribution < -0.4 is 0 Å². The number of rotatable bonds is 1. The Morgan fingerprint density at radius 2 is 2.00 bits per heavy atom. The Balaban J connectivity index is 2.69. The molecule has 0 spiro atoms. The molecule has 10 heavy (non-hydrogen) atoms. The van der Waals surface area contributed by atoms with Gasteiger partial charge in [-0.3, -0.25) is 0 Å². The SMILES string of the molecule is CCC1(C(F)(F)F)CC1Br. The maximum atomic E-state index is 12.1. The fourth-order valence-electron chi connectivity index (χ4n) is 1.12. The molecule has 0 aliphatic heterocycles. The van der Waals surface area contributed by atoms with Crippen LogP contribution in [0.2, 0.25) is 0 Å². The van der Waals surface area contributed by atoms with Crippen LogP contribution in [-0.4, -0.2) is 11.0 Å². The molecule has 0 aromatic carbocycles. The summed E-state index contributed by atoms with van der Waals surface area (Å²) in [5.41, 5.74) is -1.40. The van der Waals surface area contributed by atoms with Crippen LogP contribution >= 0.6 is 15.9 Å². The van der Waals surface area contributed by atoms with Gasteiger partial charge in [-0.2, -0.15) is 13.2 Å². The van der Waals surface area contributed by atoms with Crippen molar-refractivity contribution >= 4 is 15.9 Å². The maximum absolute atomic E-state index is 12.1. The first-order chi connectivity index (χ1) is 4.44. The van der Waals surface area contributed by atoms with Gasteiger partial charge in [0.1, 0.15) is 0 Å². The Kier molecular flexibility index (Phi) is 1.78. The molecule has 0 radical (unpaired) electrons. The monoisotopic (exact) mass is 216 g/mol. The molecule has 2 unspecified atom stereocenters. The van der Waals surface area contributed by atoms with Gasteiger partial charge in [0.25, 0.3) is 0 Å². The number of hydrogen-bond acceptors (Lipinski definition) is 0. The second-order valence-corrected chi connectivity index (χ2v) is 3.78. The first-order valence-electron chi connectivity index (χ1n) is 3.15. The molecule has 1 fully saturated rings. The smallest absolute Gasteiger partial charge is 0.170 e. The van der Waals surface area contributed by atoms with Gasteiger partial charge < -0.3 is 0 Å². The van der Waals surface area contributed by atoms with E-state index >= 15 is 0 Å². The molecule has 0 amide bonds. The van der Waals surface area contributed by atoms with Crippen molar-refractivity contribution in [3.05, 3.63) is 0 Å². The van der Waals surface area contributed by atoms with E-state index in [9.17, 15) is 13.2 Å². The van der Waals surface area contributed by atoms with Gasteiger partial charge in [-0.15, -0.1) is 0 Å². The molecule has 1 saturated carbocycles. The van der Waals surface area contributed by atoms with Crippen molar-refractivity contribution in [2.24, 2.45) is 5.41 Å². The van der Waals surface area contributed by atoms with Crippen molar-refractivity contribution in [2.45, 2.75) is 30.8 Å². The van der Waals surface area contributed by atoms with E-state index in [4.69, 9.17) is 0 Å². The number of hydrogen-bond donors (Lipinski definition) is 0. The lowest BCUT2D eigenvalue weighted by Crippen LogP contribution is -2.25. The van der Waals surface area contributed by atoms with Crippen LogP contribution in [0.15, 0.2) is 0 Å². The molecule has 2 atom stereocenters. The summed E-state index contributed by atoms with van der Waals surface area (Å²) in [4.78, 5) is -0.343. The highest BCUT2D eigenvalue weighted by atomic mass is 79.9. The summed E-state index contributed by atoms with van der Waals surface area (Å²) in [6, 6.07) is 0. The molecule has 0 heterocycles.